The van der Waals surface area contributed by atoms with E-state index in [4.69, 9.17) is 4.42 Å². The summed E-state index contributed by atoms with van der Waals surface area (Å²) >= 11 is 4.96. The van der Waals surface area contributed by atoms with Crippen LogP contribution in [0.2, 0.25) is 0 Å². The Hall–Kier alpha value is -1.92. The number of aromatic nitrogens is 1. The summed E-state index contributed by atoms with van der Waals surface area (Å²) < 4.78 is 6.58. The van der Waals surface area contributed by atoms with Gasteiger partial charge in [0.1, 0.15) is 5.76 Å². The molecule has 6 heteroatoms. The number of nitrogens with one attached hydrogen (secondary N) is 1. The molecule has 0 radical (unpaired) electrons. The average molecular weight is 391 g/mol. The van der Waals surface area contributed by atoms with Crippen LogP contribution < -0.4 is 5.32 Å². The lowest BCUT2D eigenvalue weighted by atomic mass is 10.2. The first-order valence-electron chi connectivity index (χ1n) is 7.17. The van der Waals surface area contributed by atoms with Crippen LogP contribution in [0.3, 0.4) is 0 Å². The van der Waals surface area contributed by atoms with Crippen LogP contribution in [-0.2, 0) is 6.42 Å². The summed E-state index contributed by atoms with van der Waals surface area (Å²) in [6.45, 7) is 2.41. The van der Waals surface area contributed by atoms with E-state index in [0.29, 0.717) is 24.4 Å². The molecule has 0 aliphatic carbocycles. The lowest BCUT2D eigenvalue weighted by Gasteiger charge is -2.04. The number of thiophene rings is 1. The lowest BCUT2D eigenvalue weighted by molar-refractivity contribution is 0.0954. The molecule has 23 heavy (non-hydrogen) atoms. The Bertz CT molecular complexity index is 812. The molecule has 0 aliphatic rings. The van der Waals surface area contributed by atoms with Crippen molar-refractivity contribution in [1.82, 2.24) is 10.3 Å². The summed E-state index contributed by atoms with van der Waals surface area (Å²) in [7, 11) is 0. The Labute approximate surface area is 146 Å². The van der Waals surface area contributed by atoms with Crippen LogP contribution in [0, 0.1) is 6.92 Å². The van der Waals surface area contributed by atoms with Crippen molar-refractivity contribution in [2.24, 2.45) is 0 Å². The maximum atomic E-state index is 12.1. The highest BCUT2D eigenvalue weighted by atomic mass is 79.9. The molecule has 118 valence electrons. The number of amides is 1. The minimum Gasteiger partial charge on any atom is -0.440 e. The van der Waals surface area contributed by atoms with Gasteiger partial charge < -0.3 is 9.73 Å². The van der Waals surface area contributed by atoms with Gasteiger partial charge in [0.05, 0.1) is 10.6 Å². The van der Waals surface area contributed by atoms with Crippen molar-refractivity contribution in [2.45, 2.75) is 13.3 Å². The van der Waals surface area contributed by atoms with E-state index < -0.39 is 0 Å². The molecule has 0 spiro atoms. The number of hydrogen-bond acceptors (Lipinski definition) is 4. The zero-order chi connectivity index (χ0) is 16.2. The van der Waals surface area contributed by atoms with Gasteiger partial charge in [-0.3, -0.25) is 4.79 Å². The van der Waals surface area contributed by atoms with Crippen LogP contribution in [0.15, 0.2) is 50.7 Å². The number of aryl methyl sites for hydroxylation is 1. The Morgan fingerprint density at radius 1 is 1.35 bits per heavy atom. The van der Waals surface area contributed by atoms with Crippen molar-refractivity contribution in [3.05, 3.63) is 63.3 Å². The topological polar surface area (TPSA) is 55.1 Å². The molecule has 0 aliphatic heterocycles. The highest BCUT2D eigenvalue weighted by Gasteiger charge is 2.12. The number of halogens is 1. The third-order valence-corrected chi connectivity index (χ3v) is 4.71. The summed E-state index contributed by atoms with van der Waals surface area (Å²) in [6, 6.07) is 11.3. The number of carbonyl (C=O) groups excluding carboxylic acids is 1. The van der Waals surface area contributed by atoms with E-state index >= 15 is 0 Å². The number of rotatable bonds is 5. The average Bonchev–Trinajstić information content (AvgIpc) is 3.17. The fourth-order valence-corrected chi connectivity index (χ4v) is 3.24. The molecular weight excluding hydrogens is 376 g/mol. The van der Waals surface area contributed by atoms with Crippen molar-refractivity contribution in [1.29, 1.82) is 0 Å². The van der Waals surface area contributed by atoms with Gasteiger partial charge in [0.25, 0.3) is 5.91 Å². The van der Waals surface area contributed by atoms with Crippen molar-refractivity contribution < 1.29 is 9.21 Å². The number of hydrogen-bond donors (Lipinski definition) is 1. The standard InChI is InChI=1S/C17H15BrN2O2S/c1-11-14(20-17(22-11)15-6-3-9-23-15)7-8-19-16(21)12-4-2-5-13(18)10-12/h2-6,9-10H,7-8H2,1H3,(H,19,21). The zero-order valence-electron chi connectivity index (χ0n) is 12.5. The molecule has 3 aromatic rings. The first-order valence-corrected chi connectivity index (χ1v) is 8.84. The Morgan fingerprint density at radius 3 is 2.96 bits per heavy atom. The van der Waals surface area contributed by atoms with Gasteiger partial charge in [0.2, 0.25) is 5.89 Å². The second-order valence-electron chi connectivity index (χ2n) is 5.02. The van der Waals surface area contributed by atoms with Crippen LogP contribution >= 0.6 is 27.3 Å². The fraction of sp³-hybridized carbons (Fsp3) is 0.176. The Balaban J connectivity index is 1.60. The Morgan fingerprint density at radius 2 is 2.22 bits per heavy atom. The molecule has 0 unspecified atom stereocenters. The second-order valence-corrected chi connectivity index (χ2v) is 6.88. The zero-order valence-corrected chi connectivity index (χ0v) is 14.9. The molecule has 4 nitrogen and oxygen atoms in total. The van der Waals surface area contributed by atoms with Gasteiger partial charge in [-0.05, 0) is 36.6 Å². The largest absolute Gasteiger partial charge is 0.440 e. The summed E-state index contributed by atoms with van der Waals surface area (Å²) in [5.74, 6) is 1.35. The maximum Gasteiger partial charge on any atom is 0.251 e. The molecule has 0 saturated heterocycles. The summed E-state index contributed by atoms with van der Waals surface area (Å²) in [5.41, 5.74) is 1.51. The summed E-state index contributed by atoms with van der Waals surface area (Å²) in [6.07, 6.45) is 0.639. The lowest BCUT2D eigenvalue weighted by Crippen LogP contribution is -2.25. The van der Waals surface area contributed by atoms with E-state index in [0.717, 1.165) is 20.8 Å². The van der Waals surface area contributed by atoms with E-state index in [1.165, 1.54) is 0 Å². The van der Waals surface area contributed by atoms with Crippen molar-refractivity contribution >= 4 is 33.2 Å². The molecule has 0 bridgehead atoms. The van der Waals surface area contributed by atoms with Crippen LogP contribution in [0.25, 0.3) is 10.8 Å². The number of oxazole rings is 1. The van der Waals surface area contributed by atoms with Gasteiger partial charge in [-0.1, -0.05) is 28.1 Å². The molecule has 0 fully saturated rings. The molecule has 0 saturated carbocycles. The van der Waals surface area contributed by atoms with E-state index in [2.05, 4.69) is 26.2 Å². The third-order valence-electron chi connectivity index (χ3n) is 3.36. The fourth-order valence-electron chi connectivity index (χ4n) is 2.19. The van der Waals surface area contributed by atoms with Gasteiger partial charge in [-0.25, -0.2) is 4.98 Å². The summed E-state index contributed by atoms with van der Waals surface area (Å²) in [4.78, 5) is 17.6. The number of nitrogens with zero attached hydrogens (tertiary/aromatic N) is 1. The van der Waals surface area contributed by atoms with Crippen molar-refractivity contribution in [3.8, 4) is 10.8 Å². The molecule has 2 aromatic heterocycles. The molecule has 1 N–H and O–H groups in total. The van der Waals surface area contributed by atoms with E-state index in [-0.39, 0.29) is 5.91 Å². The quantitative estimate of drug-likeness (QED) is 0.699. The number of benzene rings is 1. The second kappa shape index (κ2) is 7.10. The van der Waals surface area contributed by atoms with Crippen molar-refractivity contribution in [2.75, 3.05) is 6.54 Å². The number of carbonyl (C=O) groups is 1. The van der Waals surface area contributed by atoms with E-state index in [1.807, 2.05) is 36.6 Å². The van der Waals surface area contributed by atoms with E-state index in [9.17, 15) is 4.79 Å². The smallest absolute Gasteiger partial charge is 0.251 e. The van der Waals surface area contributed by atoms with Crippen LogP contribution in [0.1, 0.15) is 21.8 Å². The van der Waals surface area contributed by atoms with Gasteiger partial charge in [0, 0.05) is 23.0 Å². The molecule has 3 rings (SSSR count). The van der Waals surface area contributed by atoms with Crippen molar-refractivity contribution in [3.63, 3.8) is 0 Å². The van der Waals surface area contributed by atoms with Gasteiger partial charge in [0.15, 0.2) is 0 Å². The predicted molar refractivity (Wildman–Crippen MR) is 94.7 cm³/mol. The van der Waals surface area contributed by atoms with Crippen LogP contribution in [0.5, 0.6) is 0 Å². The minimum absolute atomic E-state index is 0.0917. The first-order chi connectivity index (χ1) is 11.1. The molecule has 0 atom stereocenters. The molecule has 1 amide bonds. The normalized spacial score (nSPS) is 10.7. The molecular formula is C17H15BrN2O2S. The molecule has 1 aromatic carbocycles. The van der Waals surface area contributed by atoms with Crippen LogP contribution in [-0.4, -0.2) is 17.4 Å². The van der Waals surface area contributed by atoms with Gasteiger partial charge in [-0.2, -0.15) is 0 Å². The summed E-state index contributed by atoms with van der Waals surface area (Å²) in [5, 5.41) is 4.90. The van der Waals surface area contributed by atoms with E-state index in [1.54, 1.807) is 23.5 Å². The minimum atomic E-state index is -0.0917. The van der Waals surface area contributed by atoms with Gasteiger partial charge >= 0.3 is 0 Å². The Kier molecular flexibility index (Phi) is 4.93. The first kappa shape index (κ1) is 16.0. The predicted octanol–water partition coefficient (Wildman–Crippen LogP) is 4.45. The van der Waals surface area contributed by atoms with Gasteiger partial charge in [-0.15, -0.1) is 11.3 Å². The van der Waals surface area contributed by atoms with Crippen LogP contribution in [0.4, 0.5) is 0 Å². The highest BCUT2D eigenvalue weighted by Crippen LogP contribution is 2.25. The third kappa shape index (κ3) is 3.89. The monoisotopic (exact) mass is 390 g/mol. The molecule has 2 heterocycles. The maximum absolute atomic E-state index is 12.1. The SMILES string of the molecule is Cc1oc(-c2cccs2)nc1CCNC(=O)c1cccc(Br)c1. The highest BCUT2D eigenvalue weighted by molar-refractivity contribution is 9.10.